The first-order valence-corrected chi connectivity index (χ1v) is 8.77. The van der Waals surface area contributed by atoms with Crippen molar-refractivity contribution in [1.82, 2.24) is 14.8 Å². The van der Waals surface area contributed by atoms with Crippen LogP contribution in [0.1, 0.15) is 5.56 Å². The number of rotatable bonds is 7. The summed E-state index contributed by atoms with van der Waals surface area (Å²) in [4.78, 5) is 0. The quantitative estimate of drug-likeness (QED) is 0.656. The number of thioether (sulfide) groups is 1. The number of aliphatic hydroxyl groups excluding tert-OH is 1. The Balaban J connectivity index is 1.56. The van der Waals surface area contributed by atoms with Gasteiger partial charge in [0.25, 0.3) is 0 Å². The van der Waals surface area contributed by atoms with Crippen LogP contribution in [0.4, 0.5) is 4.39 Å². The molecule has 1 atom stereocenters. The van der Waals surface area contributed by atoms with Crippen molar-refractivity contribution in [2.75, 3.05) is 12.4 Å². The Bertz CT molecular complexity index is 823. The summed E-state index contributed by atoms with van der Waals surface area (Å²) in [6.45, 7) is 2.15. The first-order chi connectivity index (χ1) is 12.1. The van der Waals surface area contributed by atoms with Gasteiger partial charge in [-0.15, -0.1) is 10.2 Å². The summed E-state index contributed by atoms with van der Waals surface area (Å²) in [5.74, 6) is 0.610. The molecular weight excluding hydrogens is 341 g/mol. The number of aryl methyl sites for hydroxylation is 1. The molecule has 0 bridgehead atoms. The van der Waals surface area contributed by atoms with E-state index >= 15 is 0 Å². The summed E-state index contributed by atoms with van der Waals surface area (Å²) in [6.07, 6.45) is 0.976. The van der Waals surface area contributed by atoms with Gasteiger partial charge in [0.05, 0.1) is 11.8 Å². The molecule has 1 unspecified atom stereocenters. The molecule has 0 aliphatic carbocycles. The van der Waals surface area contributed by atoms with Gasteiger partial charge in [-0.3, -0.25) is 4.57 Å². The van der Waals surface area contributed by atoms with Gasteiger partial charge in [0.15, 0.2) is 5.16 Å². The second kappa shape index (κ2) is 8.13. The van der Waals surface area contributed by atoms with E-state index in [1.54, 1.807) is 6.33 Å². The minimum Gasteiger partial charge on any atom is -0.491 e. The van der Waals surface area contributed by atoms with Crippen molar-refractivity contribution in [2.24, 2.45) is 0 Å². The number of hydrogen-bond acceptors (Lipinski definition) is 5. The van der Waals surface area contributed by atoms with Crippen molar-refractivity contribution >= 4 is 11.8 Å². The lowest BCUT2D eigenvalue weighted by Gasteiger charge is -2.13. The van der Waals surface area contributed by atoms with Gasteiger partial charge in [0.2, 0.25) is 0 Å². The molecule has 0 aliphatic heterocycles. The standard InChI is InChI=1S/C18H18FN3O2S/c1-13-4-2-3-5-17(13)22-12-20-21-18(22)25-11-15(23)10-24-16-8-6-14(19)7-9-16/h2-9,12,15,23H,10-11H2,1H3. The normalized spacial score (nSPS) is 12.1. The zero-order valence-corrected chi connectivity index (χ0v) is 14.5. The van der Waals surface area contributed by atoms with Crippen molar-refractivity contribution in [3.63, 3.8) is 0 Å². The van der Waals surface area contributed by atoms with E-state index in [2.05, 4.69) is 10.2 Å². The number of hydrogen-bond donors (Lipinski definition) is 1. The number of benzene rings is 2. The van der Waals surface area contributed by atoms with Crippen LogP contribution in [0.25, 0.3) is 5.69 Å². The smallest absolute Gasteiger partial charge is 0.195 e. The summed E-state index contributed by atoms with van der Waals surface area (Å²) in [5.41, 5.74) is 2.12. The highest BCUT2D eigenvalue weighted by Gasteiger charge is 2.12. The second-order valence-electron chi connectivity index (χ2n) is 5.50. The Hall–Kier alpha value is -2.38. The van der Waals surface area contributed by atoms with Crippen LogP contribution in [0.3, 0.4) is 0 Å². The number of aliphatic hydroxyl groups is 1. The van der Waals surface area contributed by atoms with Gasteiger partial charge < -0.3 is 9.84 Å². The Morgan fingerprint density at radius 1 is 1.20 bits per heavy atom. The minimum absolute atomic E-state index is 0.122. The van der Waals surface area contributed by atoms with Crippen LogP contribution >= 0.6 is 11.8 Å². The highest BCUT2D eigenvalue weighted by Crippen LogP contribution is 2.22. The predicted molar refractivity (Wildman–Crippen MR) is 94.7 cm³/mol. The highest BCUT2D eigenvalue weighted by molar-refractivity contribution is 7.99. The fraction of sp³-hybridized carbons (Fsp3) is 0.222. The molecule has 2 aromatic carbocycles. The Morgan fingerprint density at radius 3 is 2.72 bits per heavy atom. The zero-order chi connectivity index (χ0) is 17.6. The molecule has 0 aliphatic rings. The van der Waals surface area contributed by atoms with Gasteiger partial charge in [-0.05, 0) is 42.8 Å². The van der Waals surface area contributed by atoms with Crippen LogP contribution in [-0.2, 0) is 0 Å². The Morgan fingerprint density at radius 2 is 1.96 bits per heavy atom. The molecule has 0 saturated heterocycles. The minimum atomic E-state index is -0.683. The molecule has 1 aromatic heterocycles. The third kappa shape index (κ3) is 4.58. The first kappa shape index (κ1) is 17.4. The van der Waals surface area contributed by atoms with Crippen molar-refractivity contribution in [2.45, 2.75) is 18.2 Å². The van der Waals surface area contributed by atoms with E-state index in [-0.39, 0.29) is 12.4 Å². The lowest BCUT2D eigenvalue weighted by molar-refractivity contribution is 0.126. The van der Waals surface area contributed by atoms with Gasteiger partial charge in [-0.2, -0.15) is 0 Å². The average molecular weight is 359 g/mol. The largest absolute Gasteiger partial charge is 0.491 e. The van der Waals surface area contributed by atoms with E-state index in [9.17, 15) is 9.50 Å². The maximum atomic E-state index is 12.8. The molecule has 1 N–H and O–H groups in total. The molecule has 3 aromatic rings. The van der Waals surface area contributed by atoms with Gasteiger partial charge in [-0.1, -0.05) is 30.0 Å². The molecule has 0 amide bonds. The van der Waals surface area contributed by atoms with Crippen LogP contribution in [0, 0.1) is 12.7 Å². The van der Waals surface area contributed by atoms with Crippen molar-refractivity contribution in [3.8, 4) is 11.4 Å². The molecular formula is C18H18FN3O2S. The van der Waals surface area contributed by atoms with Gasteiger partial charge >= 0.3 is 0 Å². The molecule has 0 spiro atoms. The molecule has 0 fully saturated rings. The molecule has 1 heterocycles. The van der Waals surface area contributed by atoms with E-state index < -0.39 is 6.10 Å². The lowest BCUT2D eigenvalue weighted by atomic mass is 10.2. The van der Waals surface area contributed by atoms with Crippen molar-refractivity contribution in [1.29, 1.82) is 0 Å². The lowest BCUT2D eigenvalue weighted by Crippen LogP contribution is -2.20. The van der Waals surface area contributed by atoms with Crippen molar-refractivity contribution < 1.29 is 14.2 Å². The summed E-state index contributed by atoms with van der Waals surface area (Å²) in [6, 6.07) is 13.7. The molecule has 130 valence electrons. The van der Waals surface area contributed by atoms with Gasteiger partial charge in [-0.25, -0.2) is 4.39 Å². The predicted octanol–water partition coefficient (Wildman–Crippen LogP) is 3.25. The number of nitrogens with zero attached hydrogens (tertiary/aromatic N) is 3. The van der Waals surface area contributed by atoms with E-state index in [1.807, 2.05) is 35.8 Å². The van der Waals surface area contributed by atoms with Crippen LogP contribution in [0.5, 0.6) is 5.75 Å². The number of ether oxygens (including phenoxy) is 1. The summed E-state index contributed by atoms with van der Waals surface area (Å²) < 4.78 is 20.2. The van der Waals surface area contributed by atoms with Gasteiger partial charge in [0, 0.05) is 5.75 Å². The van der Waals surface area contributed by atoms with Gasteiger partial charge in [0.1, 0.15) is 24.5 Å². The van der Waals surface area contributed by atoms with Crippen LogP contribution in [0.2, 0.25) is 0 Å². The fourth-order valence-corrected chi connectivity index (χ4v) is 3.09. The maximum Gasteiger partial charge on any atom is 0.195 e. The molecule has 25 heavy (non-hydrogen) atoms. The first-order valence-electron chi connectivity index (χ1n) is 7.79. The highest BCUT2D eigenvalue weighted by atomic mass is 32.2. The summed E-state index contributed by atoms with van der Waals surface area (Å²) >= 11 is 1.40. The molecule has 0 radical (unpaired) electrons. The maximum absolute atomic E-state index is 12.8. The van der Waals surface area contributed by atoms with E-state index in [0.29, 0.717) is 16.7 Å². The molecule has 7 heteroatoms. The third-order valence-electron chi connectivity index (χ3n) is 3.55. The van der Waals surface area contributed by atoms with Crippen molar-refractivity contribution in [3.05, 3.63) is 66.2 Å². The summed E-state index contributed by atoms with van der Waals surface area (Å²) in [5, 5.41) is 18.9. The topological polar surface area (TPSA) is 60.2 Å². The molecule has 5 nitrogen and oxygen atoms in total. The monoisotopic (exact) mass is 359 g/mol. The fourth-order valence-electron chi connectivity index (χ4n) is 2.26. The Kier molecular flexibility index (Phi) is 5.67. The van der Waals surface area contributed by atoms with E-state index in [0.717, 1.165) is 11.3 Å². The van der Waals surface area contributed by atoms with Crippen LogP contribution < -0.4 is 4.74 Å². The second-order valence-corrected chi connectivity index (χ2v) is 6.49. The number of halogens is 1. The average Bonchev–Trinajstić information content (AvgIpc) is 3.08. The molecule has 0 saturated carbocycles. The SMILES string of the molecule is Cc1ccccc1-n1cnnc1SCC(O)COc1ccc(F)cc1. The zero-order valence-electron chi connectivity index (χ0n) is 13.7. The van der Waals surface area contributed by atoms with Crippen LogP contribution in [-0.4, -0.2) is 38.3 Å². The van der Waals surface area contributed by atoms with Crippen LogP contribution in [0.15, 0.2) is 60.0 Å². The number of aromatic nitrogens is 3. The number of para-hydroxylation sites is 1. The molecule has 3 rings (SSSR count). The van der Waals surface area contributed by atoms with E-state index in [1.165, 1.54) is 36.0 Å². The Labute approximate surface area is 149 Å². The summed E-state index contributed by atoms with van der Waals surface area (Å²) in [7, 11) is 0. The third-order valence-corrected chi connectivity index (χ3v) is 4.64. The van der Waals surface area contributed by atoms with E-state index in [4.69, 9.17) is 4.74 Å².